The fourth-order valence-corrected chi connectivity index (χ4v) is 1.57. The molecule has 1 amide bonds. The van der Waals surface area contributed by atoms with Crippen LogP contribution in [0.2, 0.25) is 0 Å². The molecule has 0 spiro atoms. The third-order valence-corrected chi connectivity index (χ3v) is 2.36. The summed E-state index contributed by atoms with van der Waals surface area (Å²) in [6.45, 7) is 2.63. The fraction of sp³-hybridized carbons (Fsp3) is 0.273. The minimum Gasteiger partial charge on any atom is -0.486 e. The molecule has 5 nitrogen and oxygen atoms in total. The zero-order valence-corrected chi connectivity index (χ0v) is 8.78. The Bertz CT molecular complexity index is 467. The van der Waals surface area contributed by atoms with Crippen molar-refractivity contribution in [2.24, 2.45) is 5.73 Å². The molecule has 0 unspecified atom stereocenters. The Morgan fingerprint density at radius 1 is 1.19 bits per heavy atom. The van der Waals surface area contributed by atoms with E-state index in [1.807, 2.05) is 0 Å². The van der Waals surface area contributed by atoms with Crippen molar-refractivity contribution in [3.8, 4) is 11.5 Å². The van der Waals surface area contributed by atoms with Crippen LogP contribution in [0.4, 0.5) is 0 Å². The van der Waals surface area contributed by atoms with Crippen LogP contribution in [0, 0.1) is 6.92 Å². The zero-order valence-electron chi connectivity index (χ0n) is 8.78. The van der Waals surface area contributed by atoms with Gasteiger partial charge in [-0.05, 0) is 24.6 Å². The standard InChI is InChI=1S/C11H11NO4/c1-6-4-8-9(16-3-2-15-8)5-7(6)10(13)11(12)14/h4-5H,2-3H2,1H3,(H2,12,14). The first-order valence-corrected chi connectivity index (χ1v) is 4.84. The summed E-state index contributed by atoms with van der Waals surface area (Å²) < 4.78 is 10.7. The van der Waals surface area contributed by atoms with Crippen molar-refractivity contribution in [1.29, 1.82) is 0 Å². The number of hydrogen-bond acceptors (Lipinski definition) is 4. The van der Waals surface area contributed by atoms with Gasteiger partial charge >= 0.3 is 0 Å². The van der Waals surface area contributed by atoms with E-state index < -0.39 is 11.7 Å². The van der Waals surface area contributed by atoms with Crippen molar-refractivity contribution in [1.82, 2.24) is 0 Å². The summed E-state index contributed by atoms with van der Waals surface area (Å²) >= 11 is 0. The van der Waals surface area contributed by atoms with E-state index in [9.17, 15) is 9.59 Å². The molecule has 2 rings (SSSR count). The predicted octanol–water partition coefficient (Wildman–Crippen LogP) is 0.434. The first-order valence-electron chi connectivity index (χ1n) is 4.84. The lowest BCUT2D eigenvalue weighted by Gasteiger charge is -2.19. The van der Waals surface area contributed by atoms with Crippen molar-refractivity contribution < 1.29 is 19.1 Å². The summed E-state index contributed by atoms with van der Waals surface area (Å²) in [6.07, 6.45) is 0. The van der Waals surface area contributed by atoms with Crippen molar-refractivity contribution in [3.05, 3.63) is 23.3 Å². The van der Waals surface area contributed by atoms with E-state index in [1.165, 1.54) is 6.07 Å². The number of benzene rings is 1. The van der Waals surface area contributed by atoms with Crippen LogP contribution in [-0.2, 0) is 4.79 Å². The number of primary amides is 1. The lowest BCUT2D eigenvalue weighted by atomic mass is 10.0. The Balaban J connectivity index is 2.47. The van der Waals surface area contributed by atoms with Gasteiger partial charge in [0, 0.05) is 5.56 Å². The van der Waals surface area contributed by atoms with Gasteiger partial charge in [-0.2, -0.15) is 0 Å². The molecule has 1 heterocycles. The molecule has 5 heteroatoms. The number of ketones is 1. The summed E-state index contributed by atoms with van der Waals surface area (Å²) in [5, 5.41) is 0. The van der Waals surface area contributed by atoms with Gasteiger partial charge in [-0.15, -0.1) is 0 Å². The van der Waals surface area contributed by atoms with Gasteiger partial charge in [0.1, 0.15) is 13.2 Å². The van der Waals surface area contributed by atoms with E-state index >= 15 is 0 Å². The molecule has 0 saturated heterocycles. The van der Waals surface area contributed by atoms with Crippen LogP contribution in [0.5, 0.6) is 11.5 Å². The molecule has 1 aliphatic heterocycles. The van der Waals surface area contributed by atoms with Crippen molar-refractivity contribution in [2.75, 3.05) is 13.2 Å². The monoisotopic (exact) mass is 221 g/mol. The molecular weight excluding hydrogens is 210 g/mol. The summed E-state index contributed by atoms with van der Waals surface area (Å²) in [7, 11) is 0. The van der Waals surface area contributed by atoms with Crippen LogP contribution in [0.1, 0.15) is 15.9 Å². The van der Waals surface area contributed by atoms with Crippen LogP contribution >= 0.6 is 0 Å². The van der Waals surface area contributed by atoms with Crippen molar-refractivity contribution in [3.63, 3.8) is 0 Å². The molecule has 1 aromatic rings. The topological polar surface area (TPSA) is 78.6 Å². The molecule has 0 radical (unpaired) electrons. The number of Topliss-reactive ketones (excluding diaryl/α,β-unsaturated/α-hetero) is 1. The number of carbonyl (C=O) groups is 2. The molecule has 0 atom stereocenters. The maximum atomic E-state index is 11.5. The summed E-state index contributed by atoms with van der Waals surface area (Å²) in [6, 6.07) is 3.17. The number of nitrogens with two attached hydrogens (primary N) is 1. The van der Waals surface area contributed by atoms with Crippen molar-refractivity contribution in [2.45, 2.75) is 6.92 Å². The first kappa shape index (κ1) is 10.5. The molecule has 0 saturated carbocycles. The molecular formula is C11H11NO4. The average molecular weight is 221 g/mol. The van der Waals surface area contributed by atoms with Gasteiger partial charge in [0.2, 0.25) is 5.78 Å². The molecule has 0 bridgehead atoms. The highest BCUT2D eigenvalue weighted by molar-refractivity contribution is 6.42. The Hall–Kier alpha value is -2.04. The van der Waals surface area contributed by atoms with E-state index in [0.29, 0.717) is 30.3 Å². The van der Waals surface area contributed by atoms with E-state index in [0.717, 1.165) is 0 Å². The lowest BCUT2D eigenvalue weighted by Crippen LogP contribution is -2.24. The van der Waals surface area contributed by atoms with Gasteiger partial charge in [0.25, 0.3) is 5.91 Å². The van der Waals surface area contributed by atoms with Gasteiger partial charge < -0.3 is 15.2 Å². The molecule has 0 fully saturated rings. The lowest BCUT2D eigenvalue weighted by molar-refractivity contribution is -0.114. The molecule has 1 aromatic carbocycles. The number of amides is 1. The quantitative estimate of drug-likeness (QED) is 0.580. The molecule has 16 heavy (non-hydrogen) atoms. The molecule has 2 N–H and O–H groups in total. The van der Waals surface area contributed by atoms with E-state index in [4.69, 9.17) is 15.2 Å². The second kappa shape index (κ2) is 3.84. The van der Waals surface area contributed by atoms with Gasteiger partial charge in [0.15, 0.2) is 11.5 Å². The highest BCUT2D eigenvalue weighted by Gasteiger charge is 2.20. The molecule has 0 aromatic heterocycles. The summed E-state index contributed by atoms with van der Waals surface area (Å²) in [5.41, 5.74) is 5.86. The van der Waals surface area contributed by atoms with Crippen LogP contribution < -0.4 is 15.2 Å². The number of aryl methyl sites for hydroxylation is 1. The average Bonchev–Trinajstić information content (AvgIpc) is 2.27. The second-order valence-electron chi connectivity index (χ2n) is 3.50. The Morgan fingerprint density at radius 2 is 1.75 bits per heavy atom. The van der Waals surface area contributed by atoms with Crippen LogP contribution in [0.15, 0.2) is 12.1 Å². The minimum absolute atomic E-state index is 0.261. The maximum absolute atomic E-state index is 11.5. The van der Waals surface area contributed by atoms with Crippen LogP contribution in [-0.4, -0.2) is 24.9 Å². The second-order valence-corrected chi connectivity index (χ2v) is 3.50. The van der Waals surface area contributed by atoms with Crippen LogP contribution in [0.3, 0.4) is 0 Å². The van der Waals surface area contributed by atoms with Gasteiger partial charge in [0.05, 0.1) is 0 Å². The Kier molecular flexibility index (Phi) is 2.52. The van der Waals surface area contributed by atoms with Gasteiger partial charge in [-0.1, -0.05) is 0 Å². The normalized spacial score (nSPS) is 13.3. The maximum Gasteiger partial charge on any atom is 0.289 e. The predicted molar refractivity (Wildman–Crippen MR) is 55.7 cm³/mol. The van der Waals surface area contributed by atoms with Gasteiger partial charge in [-0.25, -0.2) is 0 Å². The fourth-order valence-electron chi connectivity index (χ4n) is 1.57. The molecule has 84 valence electrons. The summed E-state index contributed by atoms with van der Waals surface area (Å²) in [5.74, 6) is -0.625. The largest absolute Gasteiger partial charge is 0.486 e. The number of rotatable bonds is 2. The van der Waals surface area contributed by atoms with Gasteiger partial charge in [-0.3, -0.25) is 9.59 Å². The minimum atomic E-state index is -0.972. The van der Waals surface area contributed by atoms with E-state index in [2.05, 4.69) is 0 Å². The Labute approximate surface area is 92.1 Å². The van der Waals surface area contributed by atoms with E-state index in [-0.39, 0.29) is 5.56 Å². The summed E-state index contributed by atoms with van der Waals surface area (Å²) in [4.78, 5) is 22.3. The highest BCUT2D eigenvalue weighted by Crippen LogP contribution is 2.33. The number of carbonyl (C=O) groups excluding carboxylic acids is 2. The highest BCUT2D eigenvalue weighted by atomic mass is 16.6. The van der Waals surface area contributed by atoms with E-state index in [1.54, 1.807) is 13.0 Å². The first-order chi connectivity index (χ1) is 7.59. The third-order valence-electron chi connectivity index (χ3n) is 2.36. The van der Waals surface area contributed by atoms with Crippen molar-refractivity contribution >= 4 is 11.7 Å². The Morgan fingerprint density at radius 3 is 2.31 bits per heavy atom. The molecule has 0 aliphatic carbocycles. The molecule has 1 aliphatic rings. The number of ether oxygens (including phenoxy) is 2. The van der Waals surface area contributed by atoms with Crippen LogP contribution in [0.25, 0.3) is 0 Å². The SMILES string of the molecule is Cc1cc2c(cc1C(=O)C(N)=O)OCCO2. The third kappa shape index (κ3) is 1.71. The number of fused-ring (bicyclic) bond motifs is 1. The smallest absolute Gasteiger partial charge is 0.289 e. The zero-order chi connectivity index (χ0) is 11.7. The number of hydrogen-bond donors (Lipinski definition) is 1.